The summed E-state index contributed by atoms with van der Waals surface area (Å²) in [6.45, 7) is 3.25. The molecular weight excluding hydrogens is 312 g/mol. The Kier molecular flexibility index (Phi) is 5.25. The number of nitrogens with one attached hydrogen (secondary N) is 1. The Morgan fingerprint density at radius 3 is 3.09 bits per heavy atom. The van der Waals surface area contributed by atoms with E-state index in [1.807, 2.05) is 36.6 Å². The Balaban J connectivity index is 1.59. The third-order valence-electron chi connectivity index (χ3n) is 3.62. The average Bonchev–Trinajstić information content (AvgIpc) is 3.18. The number of rotatable bonds is 6. The standard InChI is InChI=1S/C17H20N2O3S/c1-12-18-13(11-23-12)9-17(20)19-15-6-2-3-7-16(15)22-10-14-5-4-8-21-14/h2-3,6-7,11,14H,4-5,8-10H2,1H3,(H,19,20). The number of hydrogen-bond donors (Lipinski definition) is 1. The number of nitrogens with zero attached hydrogens (tertiary/aromatic N) is 1. The fourth-order valence-electron chi connectivity index (χ4n) is 2.50. The van der Waals surface area contributed by atoms with E-state index in [2.05, 4.69) is 10.3 Å². The zero-order chi connectivity index (χ0) is 16.1. The summed E-state index contributed by atoms with van der Waals surface area (Å²) in [5.74, 6) is 0.578. The highest BCUT2D eigenvalue weighted by molar-refractivity contribution is 7.09. The summed E-state index contributed by atoms with van der Waals surface area (Å²) in [4.78, 5) is 16.5. The molecule has 1 aliphatic heterocycles. The first-order valence-electron chi connectivity index (χ1n) is 7.75. The van der Waals surface area contributed by atoms with E-state index >= 15 is 0 Å². The zero-order valence-electron chi connectivity index (χ0n) is 13.1. The van der Waals surface area contributed by atoms with Gasteiger partial charge in [0.2, 0.25) is 5.91 Å². The first-order chi connectivity index (χ1) is 11.2. The third kappa shape index (κ3) is 4.53. The van der Waals surface area contributed by atoms with Crippen LogP contribution in [0.4, 0.5) is 5.69 Å². The third-order valence-corrected chi connectivity index (χ3v) is 4.44. The minimum absolute atomic E-state index is 0.0940. The molecule has 1 aromatic heterocycles. The lowest BCUT2D eigenvalue weighted by Gasteiger charge is -2.15. The van der Waals surface area contributed by atoms with Crippen molar-refractivity contribution in [2.45, 2.75) is 32.3 Å². The van der Waals surface area contributed by atoms with Crippen LogP contribution in [0.1, 0.15) is 23.5 Å². The molecule has 0 bridgehead atoms. The zero-order valence-corrected chi connectivity index (χ0v) is 13.9. The van der Waals surface area contributed by atoms with Crippen LogP contribution in [-0.4, -0.2) is 30.2 Å². The molecule has 1 saturated heterocycles. The topological polar surface area (TPSA) is 60.5 Å². The highest BCUT2D eigenvalue weighted by Gasteiger charge is 2.17. The van der Waals surface area contributed by atoms with Gasteiger partial charge in [-0.3, -0.25) is 4.79 Å². The maximum Gasteiger partial charge on any atom is 0.230 e. The molecule has 1 unspecified atom stereocenters. The largest absolute Gasteiger partial charge is 0.489 e. The van der Waals surface area contributed by atoms with Crippen molar-refractivity contribution in [3.05, 3.63) is 40.3 Å². The number of ether oxygens (including phenoxy) is 2. The highest BCUT2D eigenvalue weighted by Crippen LogP contribution is 2.25. The lowest BCUT2D eigenvalue weighted by Crippen LogP contribution is -2.18. The molecule has 1 atom stereocenters. The summed E-state index contributed by atoms with van der Waals surface area (Å²) in [5, 5.41) is 5.78. The lowest BCUT2D eigenvalue weighted by molar-refractivity contribution is -0.115. The minimum Gasteiger partial charge on any atom is -0.489 e. The van der Waals surface area contributed by atoms with Crippen LogP contribution in [0.25, 0.3) is 0 Å². The highest BCUT2D eigenvalue weighted by atomic mass is 32.1. The first-order valence-corrected chi connectivity index (χ1v) is 8.63. The van der Waals surface area contributed by atoms with Gasteiger partial charge in [0.25, 0.3) is 0 Å². The summed E-state index contributed by atoms with van der Waals surface area (Å²) >= 11 is 1.55. The SMILES string of the molecule is Cc1nc(CC(=O)Nc2ccccc2OCC2CCCO2)cs1. The Morgan fingerprint density at radius 2 is 2.35 bits per heavy atom. The van der Waals surface area contributed by atoms with Gasteiger partial charge in [0.15, 0.2) is 0 Å². The summed E-state index contributed by atoms with van der Waals surface area (Å²) in [7, 11) is 0. The summed E-state index contributed by atoms with van der Waals surface area (Å²) in [6, 6.07) is 7.47. The molecule has 1 aromatic carbocycles. The van der Waals surface area contributed by atoms with E-state index in [1.165, 1.54) is 0 Å². The Labute approximate surface area is 139 Å². The molecule has 3 rings (SSSR count). The van der Waals surface area contributed by atoms with Crippen LogP contribution in [0.3, 0.4) is 0 Å². The number of amides is 1. The van der Waals surface area contributed by atoms with Gasteiger partial charge in [-0.2, -0.15) is 0 Å². The molecule has 5 nitrogen and oxygen atoms in total. The average molecular weight is 332 g/mol. The molecule has 23 heavy (non-hydrogen) atoms. The van der Waals surface area contributed by atoms with E-state index in [0.717, 1.165) is 30.2 Å². The van der Waals surface area contributed by atoms with Gasteiger partial charge in [0.1, 0.15) is 12.4 Å². The monoisotopic (exact) mass is 332 g/mol. The molecule has 1 N–H and O–H groups in total. The van der Waals surface area contributed by atoms with Crippen molar-refractivity contribution in [2.24, 2.45) is 0 Å². The number of carbonyl (C=O) groups excluding carboxylic acids is 1. The second-order valence-corrected chi connectivity index (χ2v) is 6.59. The molecule has 2 aromatic rings. The Hall–Kier alpha value is -1.92. The molecule has 2 heterocycles. The second-order valence-electron chi connectivity index (χ2n) is 5.53. The molecule has 0 aliphatic carbocycles. The number of thiazole rings is 1. The number of carbonyl (C=O) groups is 1. The maximum absolute atomic E-state index is 12.2. The molecule has 0 spiro atoms. The number of aromatic nitrogens is 1. The number of aryl methyl sites for hydroxylation is 1. The molecule has 1 amide bonds. The van der Waals surface area contributed by atoms with Crippen molar-refractivity contribution in [3.63, 3.8) is 0 Å². The van der Waals surface area contributed by atoms with Gasteiger partial charge in [0, 0.05) is 12.0 Å². The number of anilines is 1. The van der Waals surface area contributed by atoms with E-state index in [4.69, 9.17) is 9.47 Å². The lowest BCUT2D eigenvalue weighted by atomic mass is 10.2. The van der Waals surface area contributed by atoms with Gasteiger partial charge in [-0.05, 0) is 31.9 Å². The molecular formula is C17H20N2O3S. The van der Waals surface area contributed by atoms with Crippen molar-refractivity contribution in [3.8, 4) is 5.75 Å². The van der Waals surface area contributed by atoms with Crippen molar-refractivity contribution >= 4 is 22.9 Å². The van der Waals surface area contributed by atoms with Gasteiger partial charge in [-0.25, -0.2) is 4.98 Å². The van der Waals surface area contributed by atoms with Crippen LogP contribution < -0.4 is 10.1 Å². The molecule has 0 saturated carbocycles. The van der Waals surface area contributed by atoms with Crippen LogP contribution in [-0.2, 0) is 16.0 Å². The van der Waals surface area contributed by atoms with Crippen LogP contribution in [0.15, 0.2) is 29.6 Å². The predicted octanol–water partition coefficient (Wildman–Crippen LogP) is 3.19. The normalized spacial score (nSPS) is 17.2. The number of hydrogen-bond acceptors (Lipinski definition) is 5. The first kappa shape index (κ1) is 16.0. The minimum atomic E-state index is -0.0940. The summed E-state index contributed by atoms with van der Waals surface area (Å²) in [6.07, 6.45) is 2.53. The van der Waals surface area contributed by atoms with Crippen LogP contribution >= 0.6 is 11.3 Å². The van der Waals surface area contributed by atoms with Gasteiger partial charge >= 0.3 is 0 Å². The fourth-order valence-corrected chi connectivity index (χ4v) is 3.12. The molecule has 1 aliphatic rings. The molecule has 6 heteroatoms. The molecule has 0 radical (unpaired) electrons. The summed E-state index contributed by atoms with van der Waals surface area (Å²) < 4.78 is 11.4. The van der Waals surface area contributed by atoms with Gasteiger partial charge < -0.3 is 14.8 Å². The Bertz CT molecular complexity index is 665. The van der Waals surface area contributed by atoms with Gasteiger partial charge in [-0.1, -0.05) is 12.1 Å². The smallest absolute Gasteiger partial charge is 0.230 e. The van der Waals surface area contributed by atoms with Crippen molar-refractivity contribution in [2.75, 3.05) is 18.5 Å². The molecule has 1 fully saturated rings. The van der Waals surface area contributed by atoms with E-state index in [-0.39, 0.29) is 18.4 Å². The number of benzene rings is 1. The van der Waals surface area contributed by atoms with E-state index < -0.39 is 0 Å². The second kappa shape index (κ2) is 7.57. The van der Waals surface area contributed by atoms with Gasteiger partial charge in [-0.15, -0.1) is 11.3 Å². The van der Waals surface area contributed by atoms with Crippen LogP contribution in [0.5, 0.6) is 5.75 Å². The van der Waals surface area contributed by atoms with E-state index in [9.17, 15) is 4.79 Å². The molecule has 122 valence electrons. The van der Waals surface area contributed by atoms with Crippen molar-refractivity contribution in [1.29, 1.82) is 0 Å². The fraction of sp³-hybridized carbons (Fsp3) is 0.412. The Morgan fingerprint density at radius 1 is 1.48 bits per heavy atom. The van der Waals surface area contributed by atoms with E-state index in [0.29, 0.717) is 18.0 Å². The summed E-state index contributed by atoms with van der Waals surface area (Å²) in [5.41, 5.74) is 1.48. The van der Waals surface area contributed by atoms with Crippen LogP contribution in [0, 0.1) is 6.92 Å². The van der Waals surface area contributed by atoms with Crippen molar-refractivity contribution < 1.29 is 14.3 Å². The van der Waals surface area contributed by atoms with E-state index in [1.54, 1.807) is 11.3 Å². The number of para-hydroxylation sites is 2. The quantitative estimate of drug-likeness (QED) is 0.882. The predicted molar refractivity (Wildman–Crippen MR) is 90.1 cm³/mol. The van der Waals surface area contributed by atoms with Crippen LogP contribution in [0.2, 0.25) is 0 Å². The maximum atomic E-state index is 12.2. The van der Waals surface area contributed by atoms with Crippen molar-refractivity contribution in [1.82, 2.24) is 4.98 Å². The van der Waals surface area contributed by atoms with Gasteiger partial charge in [0.05, 0.1) is 28.9 Å².